The van der Waals surface area contributed by atoms with Crippen molar-refractivity contribution in [3.8, 4) is 5.75 Å². The number of nitrogens with zero attached hydrogens (tertiary/aromatic N) is 1. The van der Waals surface area contributed by atoms with Crippen molar-refractivity contribution >= 4 is 0 Å². The van der Waals surface area contributed by atoms with Gasteiger partial charge >= 0.3 is 0 Å². The Hall–Kier alpha value is -1.09. The van der Waals surface area contributed by atoms with Gasteiger partial charge in [-0.3, -0.25) is 4.90 Å². The number of phenols is 1. The molecule has 0 radical (unpaired) electrons. The van der Waals surface area contributed by atoms with Crippen LogP contribution in [0.3, 0.4) is 0 Å². The van der Waals surface area contributed by atoms with Gasteiger partial charge in [-0.1, -0.05) is 12.8 Å². The molecule has 2 atom stereocenters. The maximum atomic E-state index is 13.3. The molecule has 1 saturated carbocycles. The summed E-state index contributed by atoms with van der Waals surface area (Å²) in [6.07, 6.45) is 6.62. The molecule has 0 amide bonds. The lowest BCUT2D eigenvalue weighted by atomic mass is 9.85. The monoisotopic (exact) mass is 249 g/mol. The molecular formula is C15H20FNO. The van der Waals surface area contributed by atoms with Crippen LogP contribution in [0.15, 0.2) is 18.2 Å². The molecule has 2 unspecified atom stereocenters. The lowest BCUT2D eigenvalue weighted by molar-refractivity contribution is 0.175. The van der Waals surface area contributed by atoms with Crippen molar-refractivity contribution < 1.29 is 9.50 Å². The molecule has 2 fully saturated rings. The molecule has 3 heteroatoms. The predicted octanol–water partition coefficient (Wildman–Crippen LogP) is 3.30. The van der Waals surface area contributed by atoms with E-state index in [1.54, 1.807) is 6.07 Å². The van der Waals surface area contributed by atoms with Crippen molar-refractivity contribution in [3.63, 3.8) is 0 Å². The van der Waals surface area contributed by atoms with Gasteiger partial charge in [-0.2, -0.15) is 0 Å². The van der Waals surface area contributed by atoms with Crippen LogP contribution < -0.4 is 0 Å². The molecule has 2 nitrogen and oxygen atoms in total. The Morgan fingerprint density at radius 3 is 2.83 bits per heavy atom. The van der Waals surface area contributed by atoms with Gasteiger partial charge in [0.25, 0.3) is 0 Å². The zero-order valence-electron chi connectivity index (χ0n) is 10.6. The third-order valence-corrected chi connectivity index (χ3v) is 4.45. The number of likely N-dealkylation sites (tertiary alicyclic amines) is 1. The maximum absolute atomic E-state index is 13.3. The van der Waals surface area contributed by atoms with Crippen LogP contribution in [0.4, 0.5) is 4.39 Å². The van der Waals surface area contributed by atoms with Gasteiger partial charge in [0.2, 0.25) is 0 Å². The highest BCUT2D eigenvalue weighted by atomic mass is 19.1. The summed E-state index contributed by atoms with van der Waals surface area (Å²) in [5, 5.41) is 9.44. The topological polar surface area (TPSA) is 23.5 Å². The fourth-order valence-electron chi connectivity index (χ4n) is 3.66. The Morgan fingerprint density at radius 2 is 2.00 bits per heavy atom. The number of hydrogen-bond acceptors (Lipinski definition) is 2. The van der Waals surface area contributed by atoms with Gasteiger partial charge in [0, 0.05) is 18.7 Å². The highest BCUT2D eigenvalue weighted by Gasteiger charge is 2.35. The summed E-state index contributed by atoms with van der Waals surface area (Å²) in [6, 6.07) is 5.07. The van der Waals surface area contributed by atoms with E-state index in [0.717, 1.165) is 30.6 Å². The maximum Gasteiger partial charge on any atom is 0.127 e. The van der Waals surface area contributed by atoms with E-state index >= 15 is 0 Å². The molecule has 18 heavy (non-hydrogen) atoms. The summed E-state index contributed by atoms with van der Waals surface area (Å²) in [6.45, 7) is 1.89. The van der Waals surface area contributed by atoms with E-state index in [4.69, 9.17) is 0 Å². The molecule has 1 aliphatic carbocycles. The molecule has 0 aromatic heterocycles. The fraction of sp³-hybridized carbons (Fsp3) is 0.600. The zero-order valence-corrected chi connectivity index (χ0v) is 10.6. The summed E-state index contributed by atoms with van der Waals surface area (Å²) in [5.74, 6) is 0.537. The van der Waals surface area contributed by atoms with E-state index in [2.05, 4.69) is 4.90 Å². The van der Waals surface area contributed by atoms with E-state index in [1.165, 1.54) is 38.2 Å². The summed E-state index contributed by atoms with van der Waals surface area (Å²) in [7, 11) is 0. The second-order valence-electron chi connectivity index (χ2n) is 5.69. The van der Waals surface area contributed by atoms with Crippen LogP contribution >= 0.6 is 0 Å². The zero-order chi connectivity index (χ0) is 12.5. The Labute approximate surface area is 107 Å². The number of hydrogen-bond donors (Lipinski definition) is 1. The van der Waals surface area contributed by atoms with E-state index < -0.39 is 0 Å². The minimum absolute atomic E-state index is 0.0318. The molecule has 0 bridgehead atoms. The van der Waals surface area contributed by atoms with Gasteiger partial charge in [-0.05, 0) is 49.4 Å². The third kappa shape index (κ3) is 2.37. The second-order valence-corrected chi connectivity index (χ2v) is 5.69. The first-order valence-electron chi connectivity index (χ1n) is 6.95. The largest absolute Gasteiger partial charge is 0.508 e. The van der Waals surface area contributed by atoms with Crippen LogP contribution in [-0.2, 0) is 6.54 Å². The van der Waals surface area contributed by atoms with Crippen LogP contribution in [0.25, 0.3) is 0 Å². The van der Waals surface area contributed by atoms with E-state index in [1.807, 2.05) is 0 Å². The number of benzene rings is 1. The number of phenolic OH excluding ortho intramolecular Hbond substituents is 1. The van der Waals surface area contributed by atoms with Crippen molar-refractivity contribution in [2.75, 3.05) is 6.54 Å². The number of aromatic hydroxyl groups is 1. The van der Waals surface area contributed by atoms with Gasteiger partial charge in [-0.15, -0.1) is 0 Å². The van der Waals surface area contributed by atoms with Crippen molar-refractivity contribution in [3.05, 3.63) is 29.6 Å². The third-order valence-electron chi connectivity index (χ3n) is 4.45. The van der Waals surface area contributed by atoms with Crippen molar-refractivity contribution in [1.82, 2.24) is 4.90 Å². The predicted molar refractivity (Wildman–Crippen MR) is 68.8 cm³/mol. The standard InChI is InChI=1S/C15H20FNO/c16-13-7-11(8-14(18)9-13)10-17-6-5-12-3-1-2-4-15(12)17/h7-9,12,15,18H,1-6,10H2. The molecule has 0 spiro atoms. The van der Waals surface area contributed by atoms with Gasteiger partial charge in [-0.25, -0.2) is 4.39 Å². The molecule has 1 aromatic rings. The van der Waals surface area contributed by atoms with Crippen LogP contribution in [0.2, 0.25) is 0 Å². The van der Waals surface area contributed by atoms with Crippen molar-refractivity contribution in [2.45, 2.75) is 44.7 Å². The smallest absolute Gasteiger partial charge is 0.127 e. The minimum Gasteiger partial charge on any atom is -0.508 e. The first-order chi connectivity index (χ1) is 8.72. The van der Waals surface area contributed by atoms with Gasteiger partial charge in [0.05, 0.1) is 0 Å². The molecule has 1 aromatic carbocycles. The fourth-order valence-corrected chi connectivity index (χ4v) is 3.66. The Kier molecular flexibility index (Phi) is 3.25. The Bertz CT molecular complexity index is 414. The van der Waals surface area contributed by atoms with E-state index in [9.17, 15) is 9.50 Å². The first kappa shape index (κ1) is 12.0. The molecule has 1 N–H and O–H groups in total. The quantitative estimate of drug-likeness (QED) is 0.869. The van der Waals surface area contributed by atoms with Crippen LogP contribution in [0.1, 0.15) is 37.7 Å². The minimum atomic E-state index is -0.343. The highest BCUT2D eigenvalue weighted by molar-refractivity contribution is 5.28. The normalized spacial score (nSPS) is 28.3. The molecular weight excluding hydrogens is 229 g/mol. The average molecular weight is 249 g/mol. The summed E-state index contributed by atoms with van der Waals surface area (Å²) < 4.78 is 13.3. The SMILES string of the molecule is Oc1cc(F)cc(CN2CCC3CCCCC32)c1. The Morgan fingerprint density at radius 1 is 1.17 bits per heavy atom. The second kappa shape index (κ2) is 4.88. The summed E-state index contributed by atoms with van der Waals surface area (Å²) >= 11 is 0. The highest BCUT2D eigenvalue weighted by Crippen LogP contribution is 2.37. The van der Waals surface area contributed by atoms with Crippen molar-refractivity contribution in [2.24, 2.45) is 5.92 Å². The van der Waals surface area contributed by atoms with Gasteiger partial charge < -0.3 is 5.11 Å². The average Bonchev–Trinajstić information content (AvgIpc) is 2.72. The summed E-state index contributed by atoms with van der Waals surface area (Å²) in [5.41, 5.74) is 0.888. The van der Waals surface area contributed by atoms with Crippen LogP contribution in [0.5, 0.6) is 5.75 Å². The number of rotatable bonds is 2. The first-order valence-corrected chi connectivity index (χ1v) is 6.95. The molecule has 1 aliphatic heterocycles. The van der Waals surface area contributed by atoms with Crippen LogP contribution in [0, 0.1) is 11.7 Å². The molecule has 1 saturated heterocycles. The molecule has 2 aliphatic rings. The molecule has 3 rings (SSSR count). The summed E-state index contributed by atoms with van der Waals surface area (Å²) in [4.78, 5) is 2.47. The lowest BCUT2D eigenvalue weighted by Gasteiger charge is -2.31. The lowest BCUT2D eigenvalue weighted by Crippen LogP contribution is -2.34. The molecule has 1 heterocycles. The number of halogens is 1. The van der Waals surface area contributed by atoms with Gasteiger partial charge in [0.15, 0.2) is 0 Å². The van der Waals surface area contributed by atoms with Crippen LogP contribution in [-0.4, -0.2) is 22.6 Å². The number of fused-ring (bicyclic) bond motifs is 1. The van der Waals surface area contributed by atoms with E-state index in [0.29, 0.717) is 6.04 Å². The van der Waals surface area contributed by atoms with Crippen molar-refractivity contribution in [1.29, 1.82) is 0 Å². The van der Waals surface area contributed by atoms with E-state index in [-0.39, 0.29) is 11.6 Å². The molecule has 98 valence electrons. The van der Waals surface area contributed by atoms with Gasteiger partial charge in [0.1, 0.15) is 11.6 Å². The Balaban J connectivity index is 1.72.